The summed E-state index contributed by atoms with van der Waals surface area (Å²) in [6, 6.07) is 7.97. The number of carbonyl (C=O) groups excluding carboxylic acids is 4. The van der Waals surface area contributed by atoms with Gasteiger partial charge in [-0.25, -0.2) is 14.8 Å². The maximum absolute atomic E-state index is 13.6. The molecule has 0 unspecified atom stereocenters. The van der Waals surface area contributed by atoms with Crippen LogP contribution in [0.2, 0.25) is 0 Å². The van der Waals surface area contributed by atoms with Crippen molar-refractivity contribution in [3.05, 3.63) is 48.4 Å². The van der Waals surface area contributed by atoms with E-state index in [1.807, 2.05) is 23.1 Å². The van der Waals surface area contributed by atoms with E-state index in [-0.39, 0.29) is 59.0 Å². The Balaban J connectivity index is 0.910. The number of nitrogens with one attached hydrogen (secondary N) is 2. The molecular formula is C36H46N8O4. The van der Waals surface area contributed by atoms with Crippen LogP contribution in [0.15, 0.2) is 42.9 Å². The Morgan fingerprint density at radius 2 is 1.58 bits per heavy atom. The number of hydrogen-bond donors (Lipinski definition) is 2. The van der Waals surface area contributed by atoms with Crippen molar-refractivity contribution < 1.29 is 19.2 Å². The number of fused-ring (bicyclic) bond motifs is 1. The number of piperidine rings is 2. The zero-order valence-corrected chi connectivity index (χ0v) is 28.4. The van der Waals surface area contributed by atoms with Gasteiger partial charge in [0.1, 0.15) is 0 Å². The molecule has 0 bridgehead atoms. The summed E-state index contributed by atoms with van der Waals surface area (Å²) in [5.41, 5.74) is 2.46. The minimum atomic E-state index is -0.383. The van der Waals surface area contributed by atoms with E-state index in [1.54, 1.807) is 17.3 Å². The molecule has 5 heterocycles. The molecular weight excluding hydrogens is 608 g/mol. The fourth-order valence-electron chi connectivity index (χ4n) is 8.98. The molecule has 1 aromatic carbocycles. The number of likely N-dealkylation sites (tertiary alicyclic amines) is 1. The Bertz CT molecular complexity index is 1720. The third-order valence-electron chi connectivity index (χ3n) is 11.0. The van der Waals surface area contributed by atoms with Gasteiger partial charge in [0.15, 0.2) is 0 Å². The van der Waals surface area contributed by atoms with Crippen molar-refractivity contribution in [3.8, 4) is 0 Å². The van der Waals surface area contributed by atoms with Gasteiger partial charge in [0.25, 0.3) is 5.91 Å². The molecule has 3 aliphatic heterocycles. The molecule has 0 spiro atoms. The summed E-state index contributed by atoms with van der Waals surface area (Å²) in [7, 11) is 0. The van der Waals surface area contributed by atoms with Crippen LogP contribution in [0.4, 0.5) is 16.4 Å². The van der Waals surface area contributed by atoms with Crippen molar-refractivity contribution in [2.75, 3.05) is 42.5 Å². The topological polar surface area (TPSA) is 133 Å². The molecule has 2 N–H and O–H groups in total. The van der Waals surface area contributed by atoms with E-state index in [1.165, 1.54) is 0 Å². The highest BCUT2D eigenvalue weighted by Crippen LogP contribution is 2.53. The fraction of sp³-hybridized carbons (Fsp3) is 0.556. The summed E-state index contributed by atoms with van der Waals surface area (Å²) in [6.45, 7) is 11.9. The van der Waals surface area contributed by atoms with Gasteiger partial charge in [-0.1, -0.05) is 33.8 Å². The van der Waals surface area contributed by atoms with Gasteiger partial charge in [-0.15, -0.1) is 0 Å². The van der Waals surface area contributed by atoms with Gasteiger partial charge in [0.05, 0.1) is 16.8 Å². The van der Waals surface area contributed by atoms with Crippen molar-refractivity contribution in [2.24, 2.45) is 16.7 Å². The van der Waals surface area contributed by atoms with Crippen molar-refractivity contribution in [1.82, 2.24) is 30.1 Å². The highest BCUT2D eigenvalue weighted by atomic mass is 16.2. The van der Waals surface area contributed by atoms with Crippen LogP contribution in [-0.2, 0) is 9.59 Å². The quantitative estimate of drug-likeness (QED) is 0.400. The highest BCUT2D eigenvalue weighted by molar-refractivity contribution is 6.09. The van der Waals surface area contributed by atoms with Gasteiger partial charge < -0.3 is 19.7 Å². The van der Waals surface area contributed by atoms with Crippen LogP contribution in [0.5, 0.6) is 0 Å². The molecule has 1 aliphatic carbocycles. The number of benzene rings is 1. The molecule has 3 aromatic rings. The van der Waals surface area contributed by atoms with E-state index < -0.39 is 0 Å². The number of rotatable bonds is 6. The summed E-state index contributed by atoms with van der Waals surface area (Å²) >= 11 is 0. The normalized spacial score (nSPS) is 22.0. The number of imide groups is 1. The average molecular weight is 655 g/mol. The number of aromatic nitrogens is 3. The summed E-state index contributed by atoms with van der Waals surface area (Å²) in [5, 5.41) is 6.59. The fourth-order valence-corrected chi connectivity index (χ4v) is 8.98. The standard InChI is InChI=1S/C36H46N8O4/c1-35(2)22-36(3,4)32(35)40-30(46)24-20-37-33(38-21-24)42-14-8-23(9-15-42)31(47)41-16-10-25(11-17-41)43-18-12-26-27(43)6-5-7-28(26)44-19-13-29(45)39-34(44)48/h5-7,12,18,20-21,23,25,32H,8-11,13-17,19,22H2,1-4H3,(H,40,46)(H,39,45,48). The van der Waals surface area contributed by atoms with Gasteiger partial charge in [0.2, 0.25) is 17.8 Å². The Labute approximate surface area is 281 Å². The first-order valence-electron chi connectivity index (χ1n) is 17.3. The maximum atomic E-state index is 13.6. The molecule has 7 rings (SSSR count). The molecule has 254 valence electrons. The maximum Gasteiger partial charge on any atom is 0.328 e. The number of nitrogens with zero attached hydrogens (tertiary/aromatic N) is 6. The van der Waals surface area contributed by atoms with Crippen molar-refractivity contribution in [2.45, 2.75) is 78.3 Å². The Hall–Kier alpha value is -4.48. The molecule has 0 atom stereocenters. The second-order valence-corrected chi connectivity index (χ2v) is 15.3. The Morgan fingerprint density at radius 3 is 2.23 bits per heavy atom. The average Bonchev–Trinajstić information content (AvgIpc) is 3.51. The Morgan fingerprint density at radius 1 is 0.896 bits per heavy atom. The smallest absolute Gasteiger partial charge is 0.328 e. The van der Waals surface area contributed by atoms with Crippen LogP contribution in [-0.4, -0.2) is 82.0 Å². The van der Waals surface area contributed by atoms with E-state index in [4.69, 9.17) is 0 Å². The van der Waals surface area contributed by atoms with Gasteiger partial charge in [-0.05, 0) is 61.1 Å². The van der Waals surface area contributed by atoms with Gasteiger partial charge in [-0.3, -0.25) is 24.6 Å². The summed E-state index contributed by atoms with van der Waals surface area (Å²) < 4.78 is 2.27. The lowest BCUT2D eigenvalue weighted by Crippen LogP contribution is -2.63. The van der Waals surface area contributed by atoms with Crippen molar-refractivity contribution in [1.29, 1.82) is 0 Å². The van der Waals surface area contributed by atoms with Crippen LogP contribution >= 0.6 is 0 Å². The van der Waals surface area contributed by atoms with Crippen LogP contribution in [0, 0.1) is 16.7 Å². The lowest BCUT2D eigenvalue weighted by Gasteiger charge is -2.57. The van der Waals surface area contributed by atoms with Crippen molar-refractivity contribution >= 4 is 46.3 Å². The number of anilines is 2. The number of carbonyl (C=O) groups is 4. The van der Waals surface area contributed by atoms with Crippen LogP contribution in [0.3, 0.4) is 0 Å². The summed E-state index contributed by atoms with van der Waals surface area (Å²) in [5.74, 6) is 0.425. The number of hydrogen-bond acceptors (Lipinski definition) is 7. The lowest BCUT2D eigenvalue weighted by atomic mass is 9.52. The van der Waals surface area contributed by atoms with Crippen LogP contribution in [0.25, 0.3) is 10.9 Å². The molecule has 2 aromatic heterocycles. The molecule has 48 heavy (non-hydrogen) atoms. The SMILES string of the molecule is CC1(C)CC(C)(C)C1NC(=O)c1cnc(N2CCC(C(=O)N3CCC(n4ccc5c(N6CCC(=O)NC6=O)cccc54)CC3)CC2)nc1. The van der Waals surface area contributed by atoms with Gasteiger partial charge in [0, 0.05) is 81.1 Å². The first-order valence-corrected chi connectivity index (χ1v) is 17.3. The second-order valence-electron chi connectivity index (χ2n) is 15.3. The molecule has 12 nitrogen and oxygen atoms in total. The molecule has 1 saturated carbocycles. The first-order chi connectivity index (χ1) is 22.9. The molecule has 4 fully saturated rings. The highest BCUT2D eigenvalue weighted by Gasteiger charge is 2.53. The minimum Gasteiger partial charge on any atom is -0.348 e. The molecule has 5 amide bonds. The van der Waals surface area contributed by atoms with Crippen LogP contribution < -0.4 is 20.4 Å². The molecule has 3 saturated heterocycles. The monoisotopic (exact) mass is 654 g/mol. The van der Waals surface area contributed by atoms with E-state index in [9.17, 15) is 19.2 Å². The summed E-state index contributed by atoms with van der Waals surface area (Å²) in [6.07, 6.45) is 9.87. The molecule has 4 aliphatic rings. The van der Waals surface area contributed by atoms with Gasteiger partial charge in [-0.2, -0.15) is 0 Å². The van der Waals surface area contributed by atoms with Crippen molar-refractivity contribution in [3.63, 3.8) is 0 Å². The van der Waals surface area contributed by atoms with E-state index in [0.717, 1.165) is 48.7 Å². The summed E-state index contributed by atoms with van der Waals surface area (Å²) in [4.78, 5) is 65.5. The zero-order valence-electron chi connectivity index (χ0n) is 28.4. The predicted molar refractivity (Wildman–Crippen MR) is 183 cm³/mol. The zero-order chi connectivity index (χ0) is 33.8. The number of amides is 5. The predicted octanol–water partition coefficient (Wildman–Crippen LogP) is 4.51. The third-order valence-corrected chi connectivity index (χ3v) is 11.0. The Kier molecular flexibility index (Phi) is 8.15. The second kappa shape index (κ2) is 12.2. The number of urea groups is 1. The minimum absolute atomic E-state index is 0.0189. The molecule has 0 radical (unpaired) electrons. The third kappa shape index (κ3) is 5.90. The van der Waals surface area contributed by atoms with E-state index in [0.29, 0.717) is 44.2 Å². The van der Waals surface area contributed by atoms with E-state index in [2.05, 4.69) is 70.0 Å². The largest absolute Gasteiger partial charge is 0.348 e. The first kappa shape index (κ1) is 32.1. The van der Waals surface area contributed by atoms with Gasteiger partial charge >= 0.3 is 6.03 Å². The van der Waals surface area contributed by atoms with Crippen LogP contribution in [0.1, 0.15) is 82.6 Å². The lowest BCUT2D eigenvalue weighted by molar-refractivity contribution is -0.137. The van der Waals surface area contributed by atoms with E-state index >= 15 is 0 Å². The molecule has 12 heteroatoms.